The van der Waals surface area contributed by atoms with Gasteiger partial charge < -0.3 is 25.7 Å². The Morgan fingerprint density at radius 1 is 0.840 bits per heavy atom. The summed E-state index contributed by atoms with van der Waals surface area (Å²) >= 11 is 0. The second kappa shape index (κ2) is 24.8. The Bertz CT molecular complexity index is 296. The van der Waals surface area contributed by atoms with Crippen molar-refractivity contribution in [1.29, 1.82) is 0 Å². The molecule has 0 fully saturated rings. The van der Waals surface area contributed by atoms with Crippen molar-refractivity contribution in [2.75, 3.05) is 0 Å². The molecule has 4 nitrogen and oxygen atoms in total. The van der Waals surface area contributed by atoms with Crippen molar-refractivity contribution in [2.24, 2.45) is 5.41 Å². The predicted octanol–water partition coefficient (Wildman–Crippen LogP) is -6.34. The van der Waals surface area contributed by atoms with Crippen LogP contribution in [-0.4, -0.2) is 11.9 Å². The molecule has 0 aromatic heterocycles. The molecule has 0 amide bonds. The third kappa shape index (κ3) is 34.7. The molecular formula is C18H33K2LiO4. The van der Waals surface area contributed by atoms with Crippen LogP contribution in [0.1, 0.15) is 92.4 Å². The summed E-state index contributed by atoms with van der Waals surface area (Å²) in [7, 11) is 0. The van der Waals surface area contributed by atoms with Gasteiger partial charge in [-0.3, -0.25) is 0 Å². The van der Waals surface area contributed by atoms with Crippen LogP contribution in [0.5, 0.6) is 0 Å². The first-order chi connectivity index (χ1) is 10.1. The van der Waals surface area contributed by atoms with Gasteiger partial charge in [0, 0.05) is 18.4 Å². The van der Waals surface area contributed by atoms with Crippen molar-refractivity contribution < 1.29 is 141 Å². The van der Waals surface area contributed by atoms with Crippen LogP contribution in [-0.2, 0) is 9.59 Å². The Hall–Kier alpha value is 2.81. The Morgan fingerprint density at radius 2 is 1.20 bits per heavy atom. The average molecular weight is 399 g/mol. The van der Waals surface area contributed by atoms with Gasteiger partial charge in [-0.1, -0.05) is 72.6 Å². The van der Waals surface area contributed by atoms with Gasteiger partial charge in [-0.2, -0.15) is 18.8 Å². The predicted molar refractivity (Wildman–Crippen MR) is 85.6 cm³/mol. The largest absolute Gasteiger partial charge is 1.00 e. The fourth-order valence-corrected chi connectivity index (χ4v) is 1.84. The first kappa shape index (κ1) is 38.4. The first-order valence-corrected chi connectivity index (χ1v) is 8.33. The molecule has 0 aliphatic heterocycles. The van der Waals surface area contributed by atoms with Crippen LogP contribution < -0.4 is 132 Å². The minimum Gasteiger partial charge on any atom is -0.550 e. The summed E-state index contributed by atoms with van der Waals surface area (Å²) in [6.07, 6.45) is 10.2. The molecule has 0 radical (unpaired) electrons. The van der Waals surface area contributed by atoms with E-state index in [0.717, 1.165) is 0 Å². The third-order valence-electron chi connectivity index (χ3n) is 3.72. The zero-order valence-electron chi connectivity index (χ0n) is 18.0. The maximum absolute atomic E-state index is 9.28. The zero-order valence-corrected chi connectivity index (χ0v) is 24.2. The Labute approximate surface area is 252 Å². The second-order valence-corrected chi connectivity index (χ2v) is 6.82. The zero-order chi connectivity index (χ0) is 17.6. The third-order valence-corrected chi connectivity index (χ3v) is 3.72. The van der Waals surface area contributed by atoms with Crippen LogP contribution in [0, 0.1) is 11.3 Å². The van der Waals surface area contributed by atoms with Crippen LogP contribution in [0.4, 0.5) is 0 Å². The number of hydrogen-bond acceptors (Lipinski definition) is 4. The molecule has 0 heterocycles. The maximum Gasteiger partial charge on any atom is 1.00 e. The van der Waals surface area contributed by atoms with Crippen molar-refractivity contribution in [2.45, 2.75) is 92.4 Å². The van der Waals surface area contributed by atoms with Crippen molar-refractivity contribution in [3.05, 3.63) is 5.92 Å². The van der Waals surface area contributed by atoms with Gasteiger partial charge in [0.15, 0.2) is 0 Å². The molecule has 0 saturated heterocycles. The standard InChI is InChI=1S/C15H31.C3H4O4.2K.Li/c1-6-7-8-9-10-11-12-13-14(2)15(3,4)5;4-2(5)1-3(6)7;;;/h6-13H2,1-5H3;1H2,(H,4,5)(H,6,7);;;/q-1;;3*+1/p-2. The number of hydrogen-bond donors (Lipinski definition) is 0. The molecule has 0 atom stereocenters. The Morgan fingerprint density at radius 3 is 1.48 bits per heavy atom. The Balaban J connectivity index is -0.000000116. The van der Waals surface area contributed by atoms with E-state index in [4.69, 9.17) is 0 Å². The summed E-state index contributed by atoms with van der Waals surface area (Å²) in [4.78, 5) is 18.6. The number of carboxylic acid groups (broad SMARTS) is 2. The molecule has 0 unspecified atom stereocenters. The summed E-state index contributed by atoms with van der Waals surface area (Å²) < 4.78 is 0. The van der Waals surface area contributed by atoms with E-state index in [9.17, 15) is 19.8 Å². The summed E-state index contributed by atoms with van der Waals surface area (Å²) in [6.45, 7) is 11.6. The number of aliphatic carboxylic acids is 2. The van der Waals surface area contributed by atoms with E-state index in [-0.39, 0.29) is 122 Å². The molecule has 0 aromatic rings. The van der Waals surface area contributed by atoms with Crippen LogP contribution >= 0.6 is 0 Å². The fraction of sp³-hybridized carbons (Fsp3) is 0.833. The van der Waals surface area contributed by atoms with Gasteiger partial charge in [0.2, 0.25) is 0 Å². The molecule has 25 heavy (non-hydrogen) atoms. The van der Waals surface area contributed by atoms with Gasteiger partial charge in [0.1, 0.15) is 0 Å². The smallest absolute Gasteiger partial charge is 0.550 e. The Kier molecular flexibility index (Phi) is 38.2. The van der Waals surface area contributed by atoms with E-state index < -0.39 is 18.4 Å². The molecule has 0 aliphatic rings. The van der Waals surface area contributed by atoms with E-state index >= 15 is 0 Å². The van der Waals surface area contributed by atoms with Crippen molar-refractivity contribution in [3.63, 3.8) is 0 Å². The van der Waals surface area contributed by atoms with E-state index in [0.29, 0.717) is 5.41 Å². The topological polar surface area (TPSA) is 80.3 Å². The normalized spacial score (nSPS) is 9.68. The molecular weight excluding hydrogens is 365 g/mol. The average Bonchev–Trinajstić information content (AvgIpc) is 2.35. The van der Waals surface area contributed by atoms with E-state index in [1.54, 1.807) is 5.92 Å². The summed E-state index contributed by atoms with van der Waals surface area (Å²) in [6, 6.07) is 0. The molecule has 132 valence electrons. The van der Waals surface area contributed by atoms with Crippen molar-refractivity contribution in [1.82, 2.24) is 0 Å². The number of carboxylic acids is 2. The van der Waals surface area contributed by atoms with E-state index in [2.05, 4.69) is 34.6 Å². The van der Waals surface area contributed by atoms with Crippen LogP contribution in [0.15, 0.2) is 0 Å². The SMILES string of the molecule is CCCCCCCCC[C-](C)C(C)(C)C.O=C([O-])CC(=O)[O-].[K+].[K+].[Li+]. The van der Waals surface area contributed by atoms with Gasteiger partial charge in [0.25, 0.3) is 0 Å². The molecule has 0 saturated carbocycles. The molecule has 0 aromatic carbocycles. The van der Waals surface area contributed by atoms with Crippen molar-refractivity contribution >= 4 is 11.9 Å². The number of carbonyl (C=O) groups is 2. The molecule has 0 aliphatic carbocycles. The maximum atomic E-state index is 9.28. The van der Waals surface area contributed by atoms with Crippen LogP contribution in [0.25, 0.3) is 0 Å². The van der Waals surface area contributed by atoms with Crippen molar-refractivity contribution in [3.8, 4) is 0 Å². The number of carbonyl (C=O) groups excluding carboxylic acids is 2. The van der Waals surface area contributed by atoms with E-state index in [1.807, 2.05) is 0 Å². The molecule has 0 bridgehead atoms. The summed E-state index contributed by atoms with van der Waals surface area (Å²) in [5.41, 5.74) is 0.419. The number of rotatable bonds is 10. The first-order valence-electron chi connectivity index (χ1n) is 8.33. The van der Waals surface area contributed by atoms with Gasteiger partial charge in [0.05, 0.1) is 0 Å². The summed E-state index contributed by atoms with van der Waals surface area (Å²) in [5, 5.41) is 18.6. The fourth-order valence-electron chi connectivity index (χ4n) is 1.84. The minimum absolute atomic E-state index is 0. The quantitative estimate of drug-likeness (QED) is 0.159. The van der Waals surface area contributed by atoms with E-state index in [1.165, 1.54) is 51.4 Å². The summed E-state index contributed by atoms with van der Waals surface area (Å²) in [5.74, 6) is -1.59. The van der Waals surface area contributed by atoms with Gasteiger partial charge in [-0.15, -0.1) is 0 Å². The second-order valence-electron chi connectivity index (χ2n) is 6.82. The van der Waals surface area contributed by atoms with Gasteiger partial charge >= 0.3 is 122 Å². The van der Waals surface area contributed by atoms with Crippen LogP contribution in [0.2, 0.25) is 0 Å². The molecule has 7 heteroatoms. The van der Waals surface area contributed by atoms with Gasteiger partial charge in [-0.05, 0) is 0 Å². The molecule has 0 rings (SSSR count). The minimum atomic E-state index is -1.63. The van der Waals surface area contributed by atoms with Crippen LogP contribution in [0.3, 0.4) is 0 Å². The van der Waals surface area contributed by atoms with Gasteiger partial charge in [-0.25, -0.2) is 0 Å². The molecule has 0 N–H and O–H groups in total. The number of unbranched alkanes of at least 4 members (excludes halogenated alkanes) is 6. The monoisotopic (exact) mass is 398 g/mol. The molecule has 0 spiro atoms.